The molecule has 1 aliphatic carbocycles. The fourth-order valence-corrected chi connectivity index (χ4v) is 2.51. The molecule has 1 aromatic heterocycles. The normalized spacial score (nSPS) is 19.8. The lowest BCUT2D eigenvalue weighted by Crippen LogP contribution is -2.29. The Bertz CT molecular complexity index is 655. The molecule has 0 aliphatic heterocycles. The van der Waals surface area contributed by atoms with Crippen molar-refractivity contribution in [3.05, 3.63) is 54.2 Å². The van der Waals surface area contributed by atoms with Crippen LogP contribution in [-0.2, 0) is 4.74 Å². The van der Waals surface area contributed by atoms with Crippen LogP contribution < -0.4 is 5.32 Å². The molecule has 0 saturated heterocycles. The lowest BCUT2D eigenvalue weighted by atomic mass is 10.1. The molecule has 4 heteroatoms. The Hall–Kier alpha value is -2.36. The summed E-state index contributed by atoms with van der Waals surface area (Å²) in [6.07, 6.45) is 0.469. The van der Waals surface area contributed by atoms with Crippen LogP contribution in [0.4, 0.5) is 4.79 Å². The van der Waals surface area contributed by atoms with Gasteiger partial charge in [-0.25, -0.2) is 4.79 Å². The minimum atomic E-state index is -0.346. The van der Waals surface area contributed by atoms with Crippen LogP contribution in [-0.4, -0.2) is 23.2 Å². The largest absolute Gasteiger partial charge is 0.447 e. The van der Waals surface area contributed by atoms with Crippen LogP contribution in [0.3, 0.4) is 0 Å². The molecule has 4 nitrogen and oxygen atoms in total. The highest BCUT2D eigenvalue weighted by Crippen LogP contribution is 2.40. The first-order valence-corrected chi connectivity index (χ1v) is 7.63. The summed E-state index contributed by atoms with van der Waals surface area (Å²) in [5, 5.41) is 2.89. The number of amides is 1. The van der Waals surface area contributed by atoms with Gasteiger partial charge in [-0.3, -0.25) is 4.98 Å². The van der Waals surface area contributed by atoms with E-state index in [9.17, 15) is 4.79 Å². The first-order chi connectivity index (χ1) is 10.6. The highest BCUT2D eigenvalue weighted by molar-refractivity contribution is 5.68. The summed E-state index contributed by atoms with van der Waals surface area (Å²) in [6, 6.07) is 16.3. The average molecular weight is 296 g/mol. The van der Waals surface area contributed by atoms with Crippen molar-refractivity contribution >= 4 is 6.09 Å². The maximum Gasteiger partial charge on any atom is 0.407 e. The minimum Gasteiger partial charge on any atom is -0.447 e. The predicted molar refractivity (Wildman–Crippen MR) is 85.6 cm³/mol. The van der Waals surface area contributed by atoms with E-state index in [0.29, 0.717) is 0 Å². The maximum absolute atomic E-state index is 11.6. The lowest BCUT2D eigenvalue weighted by Gasteiger charge is -2.09. The van der Waals surface area contributed by atoms with Crippen molar-refractivity contribution in [2.45, 2.75) is 38.3 Å². The predicted octanol–water partition coefficient (Wildman–Crippen LogP) is 3.74. The number of rotatable bonds is 4. The van der Waals surface area contributed by atoms with Gasteiger partial charge in [-0.15, -0.1) is 0 Å². The lowest BCUT2D eigenvalue weighted by molar-refractivity contribution is 0.115. The van der Waals surface area contributed by atoms with E-state index >= 15 is 0 Å². The molecule has 0 radical (unpaired) electrons. The van der Waals surface area contributed by atoms with Crippen LogP contribution >= 0.6 is 0 Å². The molecule has 1 saturated carbocycles. The van der Waals surface area contributed by atoms with Gasteiger partial charge in [0, 0.05) is 23.2 Å². The van der Waals surface area contributed by atoms with Crippen LogP contribution in [0.2, 0.25) is 0 Å². The summed E-state index contributed by atoms with van der Waals surface area (Å²) < 4.78 is 5.11. The molecular weight excluding hydrogens is 276 g/mol. The smallest absolute Gasteiger partial charge is 0.407 e. The molecule has 1 heterocycles. The zero-order valence-electron chi connectivity index (χ0n) is 12.8. The van der Waals surface area contributed by atoms with Crippen LogP contribution in [0.1, 0.15) is 31.9 Å². The van der Waals surface area contributed by atoms with Gasteiger partial charge >= 0.3 is 6.09 Å². The number of pyridine rings is 1. The second kappa shape index (κ2) is 6.18. The molecule has 1 unspecified atom stereocenters. The number of hydrogen-bond acceptors (Lipinski definition) is 3. The molecule has 1 fully saturated rings. The Morgan fingerprint density at radius 1 is 1.18 bits per heavy atom. The third kappa shape index (κ3) is 3.45. The van der Waals surface area contributed by atoms with Gasteiger partial charge in [0.15, 0.2) is 0 Å². The third-order valence-electron chi connectivity index (χ3n) is 3.66. The van der Waals surface area contributed by atoms with Crippen LogP contribution in [0, 0.1) is 0 Å². The molecule has 22 heavy (non-hydrogen) atoms. The Labute approximate surface area is 130 Å². The van der Waals surface area contributed by atoms with Crippen molar-refractivity contribution < 1.29 is 9.53 Å². The van der Waals surface area contributed by atoms with Crippen LogP contribution in [0.5, 0.6) is 0 Å². The van der Waals surface area contributed by atoms with E-state index in [0.717, 1.165) is 23.4 Å². The molecule has 1 N–H and O–H groups in total. The fraction of sp³-hybridized carbons (Fsp3) is 0.333. The number of carbonyl (C=O) groups is 1. The molecule has 2 aromatic rings. The van der Waals surface area contributed by atoms with Crippen molar-refractivity contribution in [3.63, 3.8) is 0 Å². The topological polar surface area (TPSA) is 51.2 Å². The first-order valence-electron chi connectivity index (χ1n) is 7.63. The minimum absolute atomic E-state index is 0.100. The Morgan fingerprint density at radius 3 is 2.68 bits per heavy atom. The molecular formula is C18H20N2O2. The number of benzene rings is 1. The van der Waals surface area contributed by atoms with E-state index in [4.69, 9.17) is 9.72 Å². The van der Waals surface area contributed by atoms with E-state index in [1.54, 1.807) is 0 Å². The summed E-state index contributed by atoms with van der Waals surface area (Å²) in [7, 11) is 0. The van der Waals surface area contributed by atoms with Gasteiger partial charge in [0.05, 0.1) is 11.8 Å². The van der Waals surface area contributed by atoms with Gasteiger partial charge in [-0.2, -0.15) is 0 Å². The van der Waals surface area contributed by atoms with E-state index < -0.39 is 0 Å². The molecule has 0 bridgehead atoms. The van der Waals surface area contributed by atoms with Gasteiger partial charge in [-0.05, 0) is 32.4 Å². The maximum atomic E-state index is 11.6. The Balaban J connectivity index is 1.66. The number of aromatic nitrogens is 1. The van der Waals surface area contributed by atoms with Crippen molar-refractivity contribution in [1.82, 2.24) is 10.3 Å². The van der Waals surface area contributed by atoms with E-state index in [1.807, 2.05) is 50.2 Å². The summed E-state index contributed by atoms with van der Waals surface area (Å²) >= 11 is 0. The summed E-state index contributed by atoms with van der Waals surface area (Å²) in [5.74, 6) is 0.281. The van der Waals surface area contributed by atoms with Gasteiger partial charge in [0.1, 0.15) is 0 Å². The zero-order valence-corrected chi connectivity index (χ0v) is 12.8. The van der Waals surface area contributed by atoms with Crippen molar-refractivity contribution in [2.24, 2.45) is 0 Å². The van der Waals surface area contributed by atoms with Gasteiger partial charge in [-0.1, -0.05) is 36.4 Å². The monoisotopic (exact) mass is 296 g/mol. The quantitative estimate of drug-likeness (QED) is 0.935. The number of hydrogen-bond donors (Lipinski definition) is 1. The SMILES string of the molecule is CC(C)OC(=O)N[C@H]1CC1c1cccc(-c2ccccc2)n1. The number of nitrogens with one attached hydrogen (secondary N) is 1. The molecule has 3 rings (SSSR count). The first kappa shape index (κ1) is 14.6. The average Bonchev–Trinajstić information content (AvgIpc) is 3.26. The fourth-order valence-electron chi connectivity index (χ4n) is 2.51. The zero-order chi connectivity index (χ0) is 15.5. The summed E-state index contributed by atoms with van der Waals surface area (Å²) in [6.45, 7) is 3.68. The molecule has 1 aliphatic rings. The van der Waals surface area contributed by atoms with Crippen LogP contribution in [0.15, 0.2) is 48.5 Å². The molecule has 0 spiro atoms. The molecule has 114 valence electrons. The highest BCUT2D eigenvalue weighted by atomic mass is 16.6. The van der Waals surface area contributed by atoms with Crippen molar-refractivity contribution in [1.29, 1.82) is 0 Å². The van der Waals surface area contributed by atoms with E-state index in [-0.39, 0.29) is 24.2 Å². The number of carbonyl (C=O) groups excluding carboxylic acids is 1. The molecule has 1 amide bonds. The van der Waals surface area contributed by atoms with Gasteiger partial charge in [0.2, 0.25) is 0 Å². The second-order valence-electron chi connectivity index (χ2n) is 5.86. The molecule has 1 aromatic carbocycles. The van der Waals surface area contributed by atoms with E-state index in [1.165, 1.54) is 0 Å². The number of nitrogens with zero attached hydrogens (tertiary/aromatic N) is 1. The van der Waals surface area contributed by atoms with Crippen LogP contribution in [0.25, 0.3) is 11.3 Å². The Kier molecular flexibility index (Phi) is 4.09. The van der Waals surface area contributed by atoms with Crippen molar-refractivity contribution in [2.75, 3.05) is 0 Å². The summed E-state index contributed by atoms with van der Waals surface area (Å²) in [5.41, 5.74) is 3.10. The standard InChI is InChI=1S/C18H20N2O2/c1-12(2)22-18(21)20-17-11-14(17)16-10-6-9-15(19-16)13-7-4-3-5-8-13/h3-10,12,14,17H,11H2,1-2H3,(H,20,21)/t14?,17-/m0/s1. The summed E-state index contributed by atoms with van der Waals surface area (Å²) in [4.78, 5) is 16.3. The van der Waals surface area contributed by atoms with Crippen molar-refractivity contribution in [3.8, 4) is 11.3 Å². The highest BCUT2D eigenvalue weighted by Gasteiger charge is 2.41. The van der Waals surface area contributed by atoms with Gasteiger partial charge in [0.25, 0.3) is 0 Å². The molecule has 2 atom stereocenters. The Morgan fingerprint density at radius 2 is 1.95 bits per heavy atom. The second-order valence-corrected chi connectivity index (χ2v) is 5.86. The third-order valence-corrected chi connectivity index (χ3v) is 3.66. The number of ether oxygens (including phenoxy) is 1. The van der Waals surface area contributed by atoms with E-state index in [2.05, 4.69) is 17.4 Å². The number of alkyl carbamates (subject to hydrolysis) is 1. The van der Waals surface area contributed by atoms with Gasteiger partial charge < -0.3 is 10.1 Å².